The monoisotopic (exact) mass is 251 g/mol. The van der Waals surface area contributed by atoms with E-state index in [0.717, 1.165) is 13.3 Å². The van der Waals surface area contributed by atoms with Crippen LogP contribution in [0.3, 0.4) is 0 Å². The summed E-state index contributed by atoms with van der Waals surface area (Å²) in [6.07, 6.45) is -2.44. The Kier molecular flexibility index (Phi) is 4.00. The molecule has 0 amide bonds. The van der Waals surface area contributed by atoms with Gasteiger partial charge >= 0.3 is 5.97 Å². The third kappa shape index (κ3) is 2.57. The molecule has 1 aromatic heterocycles. The SMILES string of the molecule is COC(=O)Cc1ncc(O)c(Cl)c1C(F)F. The highest BCUT2D eigenvalue weighted by molar-refractivity contribution is 6.32. The van der Waals surface area contributed by atoms with Crippen LogP contribution in [0.5, 0.6) is 5.75 Å². The third-order valence-electron chi connectivity index (χ3n) is 1.87. The van der Waals surface area contributed by atoms with Gasteiger partial charge in [0.15, 0.2) is 5.75 Å². The highest BCUT2D eigenvalue weighted by Gasteiger charge is 2.22. The van der Waals surface area contributed by atoms with Crippen LogP contribution in [-0.2, 0) is 16.0 Å². The number of rotatable bonds is 3. The first-order valence-electron chi connectivity index (χ1n) is 4.18. The first kappa shape index (κ1) is 12.6. The van der Waals surface area contributed by atoms with Crippen molar-refractivity contribution in [2.75, 3.05) is 7.11 Å². The number of carbonyl (C=O) groups is 1. The quantitative estimate of drug-likeness (QED) is 0.836. The highest BCUT2D eigenvalue weighted by atomic mass is 35.5. The van der Waals surface area contributed by atoms with E-state index in [1.54, 1.807) is 0 Å². The summed E-state index contributed by atoms with van der Waals surface area (Å²) in [5.41, 5.74) is -0.850. The van der Waals surface area contributed by atoms with Crippen molar-refractivity contribution < 1.29 is 23.4 Å². The van der Waals surface area contributed by atoms with Gasteiger partial charge < -0.3 is 9.84 Å². The molecule has 0 atom stereocenters. The number of esters is 1. The molecule has 1 aromatic rings. The van der Waals surface area contributed by atoms with Crippen LogP contribution >= 0.6 is 11.6 Å². The minimum absolute atomic E-state index is 0.204. The van der Waals surface area contributed by atoms with Crippen molar-refractivity contribution in [3.8, 4) is 5.75 Å². The molecule has 1 N–H and O–H groups in total. The fourth-order valence-corrected chi connectivity index (χ4v) is 1.34. The number of alkyl halides is 2. The normalized spacial score (nSPS) is 10.6. The summed E-state index contributed by atoms with van der Waals surface area (Å²) in [6, 6.07) is 0. The molecule has 0 aliphatic carbocycles. The van der Waals surface area contributed by atoms with Crippen LogP contribution < -0.4 is 0 Å². The number of aromatic nitrogens is 1. The van der Waals surface area contributed by atoms with Gasteiger partial charge in [-0.1, -0.05) is 11.6 Å². The predicted octanol–water partition coefficient (Wildman–Crippen LogP) is 2.09. The first-order valence-corrected chi connectivity index (χ1v) is 4.56. The van der Waals surface area contributed by atoms with E-state index in [2.05, 4.69) is 9.72 Å². The number of nitrogens with zero attached hydrogens (tertiary/aromatic N) is 1. The van der Waals surface area contributed by atoms with Gasteiger partial charge in [0.2, 0.25) is 0 Å². The van der Waals surface area contributed by atoms with Gasteiger partial charge in [-0.3, -0.25) is 9.78 Å². The molecular formula is C9H8ClF2NO3. The molecule has 0 aromatic carbocycles. The fraction of sp³-hybridized carbons (Fsp3) is 0.333. The maximum absolute atomic E-state index is 12.6. The standard InChI is InChI=1S/C9H8ClF2NO3/c1-16-6(15)2-4-7(9(11)12)8(10)5(14)3-13-4/h3,9,14H,2H2,1H3. The number of methoxy groups -OCH3 is 1. The molecule has 0 spiro atoms. The molecule has 0 fully saturated rings. The van der Waals surface area contributed by atoms with Crippen molar-refractivity contribution in [3.63, 3.8) is 0 Å². The number of hydrogen-bond acceptors (Lipinski definition) is 4. The summed E-state index contributed by atoms with van der Waals surface area (Å²) in [6.45, 7) is 0. The van der Waals surface area contributed by atoms with E-state index in [9.17, 15) is 13.6 Å². The van der Waals surface area contributed by atoms with Gasteiger partial charge in [-0.2, -0.15) is 0 Å². The lowest BCUT2D eigenvalue weighted by molar-refractivity contribution is -0.139. The second kappa shape index (κ2) is 5.07. The first-order chi connectivity index (χ1) is 7.47. The molecule has 4 nitrogen and oxygen atoms in total. The van der Waals surface area contributed by atoms with E-state index in [0.29, 0.717) is 0 Å². The second-order valence-electron chi connectivity index (χ2n) is 2.87. The Morgan fingerprint density at radius 3 is 2.81 bits per heavy atom. The van der Waals surface area contributed by atoms with Crippen LogP contribution in [0.4, 0.5) is 8.78 Å². The van der Waals surface area contributed by atoms with E-state index < -0.39 is 35.2 Å². The average Bonchev–Trinajstić information content (AvgIpc) is 2.23. The molecule has 7 heteroatoms. The van der Waals surface area contributed by atoms with E-state index in [1.807, 2.05) is 0 Å². The van der Waals surface area contributed by atoms with E-state index in [1.165, 1.54) is 0 Å². The number of hydrogen-bond donors (Lipinski definition) is 1. The zero-order valence-corrected chi connectivity index (χ0v) is 8.96. The minimum atomic E-state index is -2.92. The molecule has 0 aliphatic heterocycles. The Morgan fingerprint density at radius 2 is 2.31 bits per heavy atom. The zero-order valence-electron chi connectivity index (χ0n) is 8.21. The Bertz CT molecular complexity index is 412. The Hall–Kier alpha value is -1.43. The number of aromatic hydroxyl groups is 1. The topological polar surface area (TPSA) is 59.4 Å². The third-order valence-corrected chi connectivity index (χ3v) is 2.27. The van der Waals surface area contributed by atoms with Crippen molar-refractivity contribution in [1.82, 2.24) is 4.98 Å². The summed E-state index contributed by atoms with van der Waals surface area (Å²) >= 11 is 5.50. The summed E-state index contributed by atoms with van der Waals surface area (Å²) in [5.74, 6) is -1.26. The highest BCUT2D eigenvalue weighted by Crippen LogP contribution is 2.35. The van der Waals surface area contributed by atoms with Gasteiger partial charge in [0.1, 0.15) is 0 Å². The molecule has 1 heterocycles. The van der Waals surface area contributed by atoms with E-state index in [4.69, 9.17) is 16.7 Å². The molecule has 0 aliphatic rings. The second-order valence-corrected chi connectivity index (χ2v) is 3.25. The van der Waals surface area contributed by atoms with E-state index in [-0.39, 0.29) is 5.69 Å². The molecule has 0 unspecified atom stereocenters. The largest absolute Gasteiger partial charge is 0.505 e. The zero-order chi connectivity index (χ0) is 12.3. The molecule has 88 valence electrons. The summed E-state index contributed by atoms with van der Waals surface area (Å²) < 4.78 is 29.6. The van der Waals surface area contributed by atoms with Crippen molar-refractivity contribution in [1.29, 1.82) is 0 Å². The van der Waals surface area contributed by atoms with Crippen LogP contribution in [0.1, 0.15) is 17.7 Å². The molecule has 0 bridgehead atoms. The molecule has 1 rings (SSSR count). The van der Waals surface area contributed by atoms with Gasteiger partial charge in [-0.15, -0.1) is 0 Å². The van der Waals surface area contributed by atoms with Crippen molar-refractivity contribution >= 4 is 17.6 Å². The lowest BCUT2D eigenvalue weighted by atomic mass is 10.1. The van der Waals surface area contributed by atoms with Gasteiger partial charge in [0.25, 0.3) is 6.43 Å². The van der Waals surface area contributed by atoms with Crippen molar-refractivity contribution in [3.05, 3.63) is 22.5 Å². The number of carbonyl (C=O) groups excluding carboxylic acids is 1. The lowest BCUT2D eigenvalue weighted by Crippen LogP contribution is -2.09. The maximum atomic E-state index is 12.6. The Balaban J connectivity index is 3.18. The van der Waals surface area contributed by atoms with Crippen LogP contribution in [0, 0.1) is 0 Å². The molecule has 16 heavy (non-hydrogen) atoms. The van der Waals surface area contributed by atoms with Crippen LogP contribution in [0.25, 0.3) is 0 Å². The lowest BCUT2D eigenvalue weighted by Gasteiger charge is -2.09. The van der Waals surface area contributed by atoms with Gasteiger partial charge in [0, 0.05) is 0 Å². The minimum Gasteiger partial charge on any atom is -0.505 e. The molecule has 0 saturated carbocycles. The Morgan fingerprint density at radius 1 is 1.69 bits per heavy atom. The van der Waals surface area contributed by atoms with Gasteiger partial charge in [-0.25, -0.2) is 8.78 Å². The number of halogens is 3. The Labute approximate surface area is 94.8 Å². The fourth-order valence-electron chi connectivity index (χ4n) is 1.10. The van der Waals surface area contributed by atoms with Crippen molar-refractivity contribution in [2.45, 2.75) is 12.8 Å². The maximum Gasteiger partial charge on any atom is 0.311 e. The smallest absolute Gasteiger partial charge is 0.311 e. The molecule has 0 radical (unpaired) electrons. The van der Waals surface area contributed by atoms with Crippen LogP contribution in [0.2, 0.25) is 5.02 Å². The van der Waals surface area contributed by atoms with Gasteiger partial charge in [-0.05, 0) is 0 Å². The van der Waals surface area contributed by atoms with Crippen LogP contribution in [0.15, 0.2) is 6.20 Å². The number of pyridine rings is 1. The predicted molar refractivity (Wildman–Crippen MR) is 51.6 cm³/mol. The number of ether oxygens (including phenoxy) is 1. The summed E-state index contributed by atoms with van der Waals surface area (Å²) in [4.78, 5) is 14.5. The van der Waals surface area contributed by atoms with Gasteiger partial charge in [0.05, 0.1) is 36.0 Å². The molecule has 0 saturated heterocycles. The van der Waals surface area contributed by atoms with Crippen molar-refractivity contribution in [2.24, 2.45) is 0 Å². The molecular weight excluding hydrogens is 244 g/mol. The van der Waals surface area contributed by atoms with Crippen LogP contribution in [-0.4, -0.2) is 23.2 Å². The average molecular weight is 252 g/mol. The summed E-state index contributed by atoms with van der Waals surface area (Å²) in [5, 5.41) is 8.62. The summed E-state index contributed by atoms with van der Waals surface area (Å²) in [7, 11) is 1.13. The van der Waals surface area contributed by atoms with E-state index >= 15 is 0 Å².